The molecule has 1 aromatic carbocycles. The number of hydrogen-bond donors (Lipinski definition) is 2. The number of halogens is 1. The molecule has 2 N–H and O–H groups in total. The first-order valence-corrected chi connectivity index (χ1v) is 6.54. The Labute approximate surface area is 126 Å². The van der Waals surface area contributed by atoms with E-state index < -0.39 is 11.9 Å². The van der Waals surface area contributed by atoms with Crippen molar-refractivity contribution >= 4 is 40.1 Å². The highest BCUT2D eigenvalue weighted by Gasteiger charge is 2.14. The maximum absolute atomic E-state index is 12.1. The molecule has 5 nitrogen and oxygen atoms in total. The molecule has 1 heterocycles. The molecular weight excluding hydrogens is 292 g/mol. The summed E-state index contributed by atoms with van der Waals surface area (Å²) in [5.41, 5.74) is 1.16. The number of hydrogen-bond acceptors (Lipinski definition) is 3. The Balaban J connectivity index is 2.43. The summed E-state index contributed by atoms with van der Waals surface area (Å²) >= 11 is 6.01. The molecule has 0 bridgehead atoms. The Morgan fingerprint density at radius 1 is 1.24 bits per heavy atom. The standard InChI is InChI=1S/C15H13ClN2O3/c1-8(9(2)15(20)21)14(19)18-12-7-11(16)6-10-4-3-5-17-13(10)12/h3-7H,1-2H3,(H,18,19)(H,20,21). The smallest absolute Gasteiger partial charge is 0.331 e. The molecule has 0 radical (unpaired) electrons. The van der Waals surface area contributed by atoms with Gasteiger partial charge in [-0.2, -0.15) is 0 Å². The monoisotopic (exact) mass is 304 g/mol. The third-order valence-electron chi connectivity index (χ3n) is 3.14. The number of carboxylic acids is 1. The van der Waals surface area contributed by atoms with E-state index in [9.17, 15) is 9.59 Å². The summed E-state index contributed by atoms with van der Waals surface area (Å²) in [7, 11) is 0. The number of nitrogens with zero attached hydrogens (tertiary/aromatic N) is 1. The fourth-order valence-corrected chi connectivity index (χ4v) is 2.02. The van der Waals surface area contributed by atoms with Gasteiger partial charge >= 0.3 is 5.97 Å². The van der Waals surface area contributed by atoms with Crippen molar-refractivity contribution in [2.75, 3.05) is 5.32 Å². The number of fused-ring (bicyclic) bond motifs is 1. The Bertz CT molecular complexity index is 769. The summed E-state index contributed by atoms with van der Waals surface area (Å²) in [6.45, 7) is 2.84. The molecule has 1 amide bonds. The number of pyridine rings is 1. The van der Waals surface area contributed by atoms with Crippen LogP contribution in [0.3, 0.4) is 0 Å². The van der Waals surface area contributed by atoms with Crippen molar-refractivity contribution in [2.24, 2.45) is 0 Å². The molecule has 2 rings (SSSR count). The topological polar surface area (TPSA) is 79.3 Å². The zero-order valence-electron chi connectivity index (χ0n) is 11.5. The minimum atomic E-state index is -1.13. The molecule has 2 aromatic rings. The first-order valence-electron chi connectivity index (χ1n) is 6.16. The Hall–Kier alpha value is -2.40. The van der Waals surface area contributed by atoms with Crippen molar-refractivity contribution in [3.8, 4) is 0 Å². The molecular formula is C15H13ClN2O3. The number of carboxylic acid groups (broad SMARTS) is 1. The van der Waals surface area contributed by atoms with Gasteiger partial charge in [0.15, 0.2) is 0 Å². The third-order valence-corrected chi connectivity index (χ3v) is 3.36. The quantitative estimate of drug-likeness (QED) is 0.853. The van der Waals surface area contributed by atoms with Gasteiger partial charge in [0.1, 0.15) is 0 Å². The first-order chi connectivity index (χ1) is 9.90. The van der Waals surface area contributed by atoms with Crippen LogP contribution in [0, 0.1) is 0 Å². The summed E-state index contributed by atoms with van der Waals surface area (Å²) in [4.78, 5) is 27.2. The predicted octanol–water partition coefficient (Wildman–Crippen LogP) is 3.25. The maximum atomic E-state index is 12.1. The number of carbonyl (C=O) groups is 2. The minimum absolute atomic E-state index is 0.00760. The van der Waals surface area contributed by atoms with E-state index in [4.69, 9.17) is 16.7 Å². The lowest BCUT2D eigenvalue weighted by molar-refractivity contribution is -0.133. The Morgan fingerprint density at radius 3 is 2.62 bits per heavy atom. The van der Waals surface area contributed by atoms with Gasteiger partial charge in [-0.1, -0.05) is 17.7 Å². The summed E-state index contributed by atoms with van der Waals surface area (Å²) < 4.78 is 0. The molecule has 0 saturated heterocycles. The molecule has 0 aliphatic rings. The molecule has 0 unspecified atom stereocenters. The number of anilines is 1. The van der Waals surface area contributed by atoms with Crippen LogP contribution in [0.4, 0.5) is 5.69 Å². The van der Waals surface area contributed by atoms with Crippen LogP contribution >= 0.6 is 11.6 Å². The lowest BCUT2D eigenvalue weighted by Crippen LogP contribution is -2.16. The van der Waals surface area contributed by atoms with Crippen LogP contribution in [0.15, 0.2) is 41.6 Å². The second-order valence-electron chi connectivity index (χ2n) is 4.54. The largest absolute Gasteiger partial charge is 0.478 e. The third kappa shape index (κ3) is 3.20. The number of amides is 1. The summed E-state index contributed by atoms with van der Waals surface area (Å²) in [5, 5.41) is 12.8. The number of carbonyl (C=O) groups excluding carboxylic acids is 1. The fraction of sp³-hybridized carbons (Fsp3) is 0.133. The van der Waals surface area contributed by atoms with E-state index in [-0.39, 0.29) is 11.1 Å². The van der Waals surface area contributed by atoms with Crippen molar-refractivity contribution in [3.05, 3.63) is 46.6 Å². The molecule has 1 aromatic heterocycles. The minimum Gasteiger partial charge on any atom is -0.478 e. The SMILES string of the molecule is CC(C(=O)O)=C(C)C(=O)Nc1cc(Cl)cc2cccnc12. The van der Waals surface area contributed by atoms with Gasteiger partial charge in [0.25, 0.3) is 5.91 Å². The number of benzene rings is 1. The van der Waals surface area contributed by atoms with Crippen LogP contribution in [0.5, 0.6) is 0 Å². The average Bonchev–Trinajstić information content (AvgIpc) is 2.45. The van der Waals surface area contributed by atoms with Crippen molar-refractivity contribution in [2.45, 2.75) is 13.8 Å². The van der Waals surface area contributed by atoms with Crippen LogP contribution in [0.25, 0.3) is 10.9 Å². The van der Waals surface area contributed by atoms with Crippen LogP contribution in [0.2, 0.25) is 5.02 Å². The highest BCUT2D eigenvalue weighted by atomic mass is 35.5. The normalized spacial score (nSPS) is 12.0. The summed E-state index contributed by atoms with van der Waals surface area (Å²) in [6.07, 6.45) is 1.61. The van der Waals surface area contributed by atoms with Gasteiger partial charge < -0.3 is 10.4 Å². The van der Waals surface area contributed by atoms with Gasteiger partial charge in [-0.05, 0) is 32.0 Å². The van der Waals surface area contributed by atoms with Crippen molar-refractivity contribution < 1.29 is 14.7 Å². The van der Waals surface area contributed by atoms with Crippen molar-refractivity contribution in [3.63, 3.8) is 0 Å². The molecule has 0 spiro atoms. The lowest BCUT2D eigenvalue weighted by Gasteiger charge is -2.10. The van der Waals surface area contributed by atoms with Gasteiger partial charge in [0.05, 0.1) is 11.2 Å². The van der Waals surface area contributed by atoms with E-state index in [1.807, 2.05) is 6.07 Å². The zero-order chi connectivity index (χ0) is 15.6. The molecule has 108 valence electrons. The van der Waals surface area contributed by atoms with Gasteiger partial charge in [-0.25, -0.2) is 4.79 Å². The van der Waals surface area contributed by atoms with E-state index in [2.05, 4.69) is 10.3 Å². The number of aromatic nitrogens is 1. The van der Waals surface area contributed by atoms with E-state index in [0.717, 1.165) is 5.39 Å². The fourth-order valence-electron chi connectivity index (χ4n) is 1.80. The van der Waals surface area contributed by atoms with E-state index >= 15 is 0 Å². The molecule has 21 heavy (non-hydrogen) atoms. The van der Waals surface area contributed by atoms with E-state index in [1.165, 1.54) is 13.8 Å². The maximum Gasteiger partial charge on any atom is 0.331 e. The number of aliphatic carboxylic acids is 1. The average molecular weight is 305 g/mol. The van der Waals surface area contributed by atoms with Crippen molar-refractivity contribution in [1.29, 1.82) is 0 Å². The molecule has 0 fully saturated rings. The van der Waals surface area contributed by atoms with Crippen LogP contribution in [-0.2, 0) is 9.59 Å². The van der Waals surface area contributed by atoms with Crippen LogP contribution in [-0.4, -0.2) is 22.0 Å². The lowest BCUT2D eigenvalue weighted by atomic mass is 10.1. The molecule has 0 atom stereocenters. The Kier molecular flexibility index (Phi) is 4.23. The first kappa shape index (κ1) is 15.0. The second kappa shape index (κ2) is 5.93. The zero-order valence-corrected chi connectivity index (χ0v) is 12.2. The number of rotatable bonds is 3. The highest BCUT2D eigenvalue weighted by Crippen LogP contribution is 2.26. The highest BCUT2D eigenvalue weighted by molar-refractivity contribution is 6.32. The predicted molar refractivity (Wildman–Crippen MR) is 81.4 cm³/mol. The molecule has 0 aliphatic carbocycles. The van der Waals surface area contributed by atoms with Gasteiger partial charge in [-0.3, -0.25) is 9.78 Å². The molecule has 0 aliphatic heterocycles. The molecule has 6 heteroatoms. The Morgan fingerprint density at radius 2 is 1.95 bits per heavy atom. The second-order valence-corrected chi connectivity index (χ2v) is 4.97. The summed E-state index contributed by atoms with van der Waals surface area (Å²) in [5.74, 6) is -1.62. The van der Waals surface area contributed by atoms with E-state index in [0.29, 0.717) is 16.2 Å². The van der Waals surface area contributed by atoms with Crippen LogP contribution < -0.4 is 5.32 Å². The number of nitrogens with one attached hydrogen (secondary N) is 1. The van der Waals surface area contributed by atoms with Crippen LogP contribution in [0.1, 0.15) is 13.8 Å². The van der Waals surface area contributed by atoms with E-state index in [1.54, 1.807) is 24.4 Å². The molecule has 0 saturated carbocycles. The van der Waals surface area contributed by atoms with Gasteiger partial charge in [0, 0.05) is 27.8 Å². The van der Waals surface area contributed by atoms with Gasteiger partial charge in [-0.15, -0.1) is 0 Å². The summed E-state index contributed by atoms with van der Waals surface area (Å²) in [6, 6.07) is 6.92. The van der Waals surface area contributed by atoms with Gasteiger partial charge in [0.2, 0.25) is 0 Å². The van der Waals surface area contributed by atoms with Crippen molar-refractivity contribution in [1.82, 2.24) is 4.98 Å².